The first-order chi connectivity index (χ1) is 14.8. The predicted octanol–water partition coefficient (Wildman–Crippen LogP) is 4.00. The molecular formula is C23H23N3O5. The lowest BCUT2D eigenvalue weighted by molar-refractivity contribution is -0.123. The standard InChI is InChI=1S/C23H23N3O5/c1-13(2)26-14(3)17(16-7-5-6-8-19(16)26)11-18-21(27)25(23(29)24-18)12-15-9-10-20(31-15)22(28)30-4/h5-11,13H,12H2,1-4H3,(H,24,29). The van der Waals surface area contributed by atoms with Gasteiger partial charge in [-0.2, -0.15) is 0 Å². The Morgan fingerprint density at radius 3 is 2.65 bits per heavy atom. The number of carbonyl (C=O) groups excluding carboxylic acids is 3. The molecule has 8 heteroatoms. The summed E-state index contributed by atoms with van der Waals surface area (Å²) in [6.45, 7) is 6.12. The predicted molar refractivity (Wildman–Crippen MR) is 114 cm³/mol. The van der Waals surface area contributed by atoms with E-state index in [1.54, 1.807) is 6.08 Å². The van der Waals surface area contributed by atoms with Gasteiger partial charge in [-0.1, -0.05) is 18.2 Å². The summed E-state index contributed by atoms with van der Waals surface area (Å²) >= 11 is 0. The second kappa shape index (κ2) is 7.79. The van der Waals surface area contributed by atoms with Crippen LogP contribution in [-0.2, 0) is 16.1 Å². The lowest BCUT2D eigenvalue weighted by Crippen LogP contribution is -2.30. The second-order valence-electron chi connectivity index (χ2n) is 7.62. The fraction of sp³-hybridized carbons (Fsp3) is 0.261. The lowest BCUT2D eigenvalue weighted by Gasteiger charge is -2.12. The van der Waals surface area contributed by atoms with Crippen molar-refractivity contribution in [1.29, 1.82) is 0 Å². The highest BCUT2D eigenvalue weighted by molar-refractivity contribution is 6.14. The number of hydrogen-bond acceptors (Lipinski definition) is 5. The van der Waals surface area contributed by atoms with Crippen molar-refractivity contribution in [3.8, 4) is 0 Å². The summed E-state index contributed by atoms with van der Waals surface area (Å²) in [5.41, 5.74) is 3.17. The van der Waals surface area contributed by atoms with E-state index in [4.69, 9.17) is 4.42 Å². The zero-order chi connectivity index (χ0) is 22.3. The van der Waals surface area contributed by atoms with Gasteiger partial charge in [0.05, 0.1) is 13.7 Å². The Kier molecular flexibility index (Phi) is 5.14. The monoisotopic (exact) mass is 421 g/mol. The Labute approximate surface area is 179 Å². The molecule has 1 fully saturated rings. The molecule has 0 unspecified atom stereocenters. The van der Waals surface area contributed by atoms with Gasteiger partial charge < -0.3 is 19.0 Å². The second-order valence-corrected chi connectivity index (χ2v) is 7.62. The number of rotatable bonds is 5. The molecule has 2 aromatic heterocycles. The maximum absolute atomic E-state index is 12.9. The Morgan fingerprint density at radius 2 is 1.94 bits per heavy atom. The zero-order valence-corrected chi connectivity index (χ0v) is 17.8. The van der Waals surface area contributed by atoms with E-state index in [0.29, 0.717) is 5.76 Å². The van der Waals surface area contributed by atoms with Crippen LogP contribution < -0.4 is 5.32 Å². The van der Waals surface area contributed by atoms with Crippen LogP contribution in [0.3, 0.4) is 0 Å². The number of esters is 1. The number of para-hydroxylation sites is 1. The van der Waals surface area contributed by atoms with Gasteiger partial charge in [0.2, 0.25) is 5.76 Å². The van der Waals surface area contributed by atoms with Crippen molar-refractivity contribution in [3.63, 3.8) is 0 Å². The van der Waals surface area contributed by atoms with Crippen molar-refractivity contribution >= 4 is 34.9 Å². The number of furan rings is 1. The molecule has 0 radical (unpaired) electrons. The fourth-order valence-electron chi connectivity index (χ4n) is 3.95. The van der Waals surface area contributed by atoms with E-state index in [-0.39, 0.29) is 24.0 Å². The van der Waals surface area contributed by atoms with Crippen molar-refractivity contribution < 1.29 is 23.5 Å². The maximum atomic E-state index is 12.9. The molecule has 3 aromatic rings. The summed E-state index contributed by atoms with van der Waals surface area (Å²) in [6, 6.07) is 10.7. The highest BCUT2D eigenvalue weighted by Crippen LogP contribution is 2.31. The van der Waals surface area contributed by atoms with Crippen LogP contribution in [0.15, 0.2) is 46.5 Å². The maximum Gasteiger partial charge on any atom is 0.373 e. The first kappa shape index (κ1) is 20.5. The molecule has 0 bridgehead atoms. The van der Waals surface area contributed by atoms with Crippen molar-refractivity contribution in [1.82, 2.24) is 14.8 Å². The molecule has 3 amide bonds. The minimum absolute atomic E-state index is 0.0115. The molecule has 160 valence electrons. The van der Waals surface area contributed by atoms with Gasteiger partial charge in [0.15, 0.2) is 0 Å². The smallest absolute Gasteiger partial charge is 0.373 e. The van der Waals surface area contributed by atoms with E-state index >= 15 is 0 Å². The molecular weight excluding hydrogens is 398 g/mol. The van der Waals surface area contributed by atoms with Crippen LogP contribution in [0.1, 0.15) is 47.5 Å². The number of ether oxygens (including phenoxy) is 1. The summed E-state index contributed by atoms with van der Waals surface area (Å²) in [6.07, 6.45) is 1.72. The van der Waals surface area contributed by atoms with Gasteiger partial charge in [-0.05, 0) is 45.0 Å². The van der Waals surface area contributed by atoms with E-state index in [1.807, 2.05) is 31.2 Å². The highest BCUT2D eigenvalue weighted by Gasteiger charge is 2.35. The Morgan fingerprint density at radius 1 is 1.19 bits per heavy atom. The molecule has 0 spiro atoms. The largest absolute Gasteiger partial charge is 0.463 e. The van der Waals surface area contributed by atoms with Crippen molar-refractivity contribution in [2.24, 2.45) is 0 Å². The molecule has 4 rings (SSSR count). The van der Waals surface area contributed by atoms with Crippen LogP contribution in [0.25, 0.3) is 17.0 Å². The highest BCUT2D eigenvalue weighted by atomic mass is 16.5. The summed E-state index contributed by atoms with van der Waals surface area (Å²) in [5, 5.41) is 3.66. The molecule has 31 heavy (non-hydrogen) atoms. The molecule has 1 N–H and O–H groups in total. The molecule has 8 nitrogen and oxygen atoms in total. The Bertz CT molecular complexity index is 1230. The zero-order valence-electron chi connectivity index (χ0n) is 17.8. The number of nitrogens with zero attached hydrogens (tertiary/aromatic N) is 2. The molecule has 3 heterocycles. The third-order valence-corrected chi connectivity index (χ3v) is 5.33. The number of hydrogen-bond donors (Lipinski definition) is 1. The number of aromatic nitrogens is 1. The molecule has 1 aliphatic heterocycles. The van der Waals surface area contributed by atoms with E-state index in [2.05, 4.69) is 28.5 Å². The van der Waals surface area contributed by atoms with Crippen molar-refractivity contribution in [2.45, 2.75) is 33.4 Å². The molecule has 0 atom stereocenters. The Hall–Kier alpha value is -3.81. The van der Waals surface area contributed by atoms with Gasteiger partial charge in [-0.15, -0.1) is 0 Å². The minimum Gasteiger partial charge on any atom is -0.463 e. The summed E-state index contributed by atoms with van der Waals surface area (Å²) in [4.78, 5) is 38.0. The number of benzene rings is 1. The van der Waals surface area contributed by atoms with Gasteiger partial charge in [0.25, 0.3) is 5.91 Å². The normalized spacial score (nSPS) is 15.4. The third-order valence-electron chi connectivity index (χ3n) is 5.33. The van der Waals surface area contributed by atoms with Crippen LogP contribution in [0.4, 0.5) is 4.79 Å². The van der Waals surface area contributed by atoms with Crippen LogP contribution >= 0.6 is 0 Å². The number of fused-ring (bicyclic) bond motifs is 1. The summed E-state index contributed by atoms with van der Waals surface area (Å²) in [7, 11) is 1.25. The third kappa shape index (κ3) is 3.50. The Balaban J connectivity index is 1.66. The summed E-state index contributed by atoms with van der Waals surface area (Å²) in [5.74, 6) is -0.766. The number of nitrogens with one attached hydrogen (secondary N) is 1. The van der Waals surface area contributed by atoms with E-state index in [9.17, 15) is 14.4 Å². The van der Waals surface area contributed by atoms with E-state index in [0.717, 1.165) is 27.1 Å². The molecule has 0 aliphatic carbocycles. The number of methoxy groups -OCH3 is 1. The quantitative estimate of drug-likeness (QED) is 0.382. The van der Waals surface area contributed by atoms with Crippen molar-refractivity contribution in [3.05, 3.63) is 64.9 Å². The van der Waals surface area contributed by atoms with Crippen LogP contribution in [0.2, 0.25) is 0 Å². The topological polar surface area (TPSA) is 93.8 Å². The SMILES string of the molecule is COC(=O)c1ccc(CN2C(=O)NC(=Cc3c(C)n(C(C)C)c4ccccc34)C2=O)o1. The first-order valence-corrected chi connectivity index (χ1v) is 9.93. The van der Waals surface area contributed by atoms with Gasteiger partial charge in [-0.3, -0.25) is 9.69 Å². The minimum atomic E-state index is -0.624. The van der Waals surface area contributed by atoms with E-state index in [1.165, 1.54) is 19.2 Å². The van der Waals surface area contributed by atoms with Crippen LogP contribution in [-0.4, -0.2) is 34.5 Å². The lowest BCUT2D eigenvalue weighted by atomic mass is 10.1. The van der Waals surface area contributed by atoms with Gasteiger partial charge >= 0.3 is 12.0 Å². The molecule has 1 aliphatic rings. The van der Waals surface area contributed by atoms with Gasteiger partial charge in [0, 0.05) is 28.2 Å². The molecule has 1 saturated heterocycles. The first-order valence-electron chi connectivity index (χ1n) is 9.93. The van der Waals surface area contributed by atoms with Crippen LogP contribution in [0.5, 0.6) is 0 Å². The number of amides is 3. The van der Waals surface area contributed by atoms with E-state index < -0.39 is 17.9 Å². The molecule has 0 saturated carbocycles. The van der Waals surface area contributed by atoms with Crippen LogP contribution in [0, 0.1) is 6.92 Å². The molecule has 1 aromatic carbocycles. The van der Waals surface area contributed by atoms with Gasteiger partial charge in [-0.25, -0.2) is 9.59 Å². The average Bonchev–Trinajstić information content (AvgIpc) is 3.40. The van der Waals surface area contributed by atoms with Gasteiger partial charge in [0.1, 0.15) is 11.5 Å². The number of imide groups is 1. The number of urea groups is 1. The average molecular weight is 421 g/mol. The van der Waals surface area contributed by atoms with Crippen molar-refractivity contribution in [2.75, 3.05) is 7.11 Å². The fourth-order valence-corrected chi connectivity index (χ4v) is 3.95. The number of carbonyl (C=O) groups is 3. The summed E-state index contributed by atoms with van der Waals surface area (Å²) < 4.78 is 12.2.